The third-order valence-electron chi connectivity index (χ3n) is 0.737. The molecule has 1 heterocycles. The highest BCUT2D eigenvalue weighted by Gasteiger charge is 2.46. The molecular weight excluding hydrogens is 153 g/mol. The third-order valence-corrected chi connectivity index (χ3v) is 0.737. The number of carbonyl (C=O) groups is 1. The number of ether oxygens (including phenoxy) is 1. The standard InChI is InChI=1S/C3HF3N2O2/c4-3(5,6)1-7-8-2(9)10-1/h1H. The molecule has 0 spiro atoms. The van der Waals surface area contributed by atoms with E-state index in [4.69, 9.17) is 0 Å². The summed E-state index contributed by atoms with van der Waals surface area (Å²) >= 11 is 0. The molecule has 0 aromatic carbocycles. The van der Waals surface area contributed by atoms with Gasteiger partial charge in [-0.25, -0.2) is 4.79 Å². The molecule has 0 fully saturated rings. The summed E-state index contributed by atoms with van der Waals surface area (Å²) in [6.45, 7) is 0. The largest absolute Gasteiger partial charge is 0.454 e. The normalized spacial score (nSPS) is 25.1. The first kappa shape index (κ1) is 6.97. The molecule has 0 saturated carbocycles. The first-order valence-corrected chi connectivity index (χ1v) is 2.18. The molecule has 0 radical (unpaired) electrons. The highest BCUT2D eigenvalue weighted by molar-refractivity contribution is 5.68. The van der Waals surface area contributed by atoms with Gasteiger partial charge in [0.15, 0.2) is 0 Å². The van der Waals surface area contributed by atoms with Crippen molar-refractivity contribution in [2.75, 3.05) is 0 Å². The van der Waals surface area contributed by atoms with Crippen LogP contribution in [0, 0.1) is 0 Å². The van der Waals surface area contributed by atoms with Crippen LogP contribution in [-0.4, -0.2) is 18.5 Å². The molecule has 0 aromatic rings. The van der Waals surface area contributed by atoms with Crippen molar-refractivity contribution in [3.63, 3.8) is 0 Å². The summed E-state index contributed by atoms with van der Waals surface area (Å²) in [5.41, 5.74) is 0. The number of hydrogen-bond acceptors (Lipinski definition) is 3. The molecule has 0 aromatic heterocycles. The van der Waals surface area contributed by atoms with E-state index in [2.05, 4.69) is 15.0 Å². The summed E-state index contributed by atoms with van der Waals surface area (Å²) < 4.78 is 38.1. The Morgan fingerprint density at radius 1 is 1.50 bits per heavy atom. The first-order valence-electron chi connectivity index (χ1n) is 2.18. The van der Waals surface area contributed by atoms with Crippen molar-refractivity contribution in [1.82, 2.24) is 0 Å². The van der Waals surface area contributed by atoms with Crippen LogP contribution < -0.4 is 0 Å². The van der Waals surface area contributed by atoms with Gasteiger partial charge in [0.25, 0.3) is 0 Å². The van der Waals surface area contributed by atoms with E-state index in [1.165, 1.54) is 0 Å². The van der Waals surface area contributed by atoms with Gasteiger partial charge >= 0.3 is 18.5 Å². The molecule has 0 aliphatic carbocycles. The van der Waals surface area contributed by atoms with Gasteiger partial charge in [-0.05, 0) is 0 Å². The van der Waals surface area contributed by atoms with Crippen LogP contribution in [0.3, 0.4) is 0 Å². The Morgan fingerprint density at radius 2 is 2.10 bits per heavy atom. The Kier molecular flexibility index (Phi) is 1.34. The maximum absolute atomic E-state index is 11.5. The summed E-state index contributed by atoms with van der Waals surface area (Å²) in [7, 11) is 0. The minimum atomic E-state index is -4.64. The van der Waals surface area contributed by atoms with Crippen molar-refractivity contribution < 1.29 is 22.7 Å². The molecule has 56 valence electrons. The molecule has 0 N–H and O–H groups in total. The minimum absolute atomic E-state index is 1.30. The van der Waals surface area contributed by atoms with Crippen LogP contribution in [-0.2, 0) is 4.74 Å². The number of rotatable bonds is 0. The van der Waals surface area contributed by atoms with Gasteiger partial charge in [0.1, 0.15) is 0 Å². The van der Waals surface area contributed by atoms with Crippen LogP contribution in [0.2, 0.25) is 0 Å². The molecule has 0 bridgehead atoms. The maximum Gasteiger partial charge on any atom is 0.454 e. The third kappa shape index (κ3) is 1.23. The second-order valence-corrected chi connectivity index (χ2v) is 1.49. The molecule has 7 heteroatoms. The number of alkyl halides is 3. The summed E-state index contributed by atoms with van der Waals surface area (Å²) in [5.74, 6) is 0. The average molecular weight is 154 g/mol. The van der Waals surface area contributed by atoms with Gasteiger partial charge in [-0.2, -0.15) is 13.2 Å². The van der Waals surface area contributed by atoms with Gasteiger partial charge in [-0.1, -0.05) is 5.11 Å². The highest BCUT2D eigenvalue weighted by Crippen LogP contribution is 2.27. The van der Waals surface area contributed by atoms with E-state index in [0.29, 0.717) is 0 Å². The van der Waals surface area contributed by atoms with Crippen LogP contribution in [0.5, 0.6) is 0 Å². The molecular formula is C3HF3N2O2. The lowest BCUT2D eigenvalue weighted by atomic mass is 10.6. The van der Waals surface area contributed by atoms with Crippen LogP contribution in [0.25, 0.3) is 0 Å². The van der Waals surface area contributed by atoms with Gasteiger partial charge in [0.05, 0.1) is 0 Å². The average Bonchev–Trinajstić information content (AvgIpc) is 2.11. The van der Waals surface area contributed by atoms with E-state index < -0.39 is 18.5 Å². The van der Waals surface area contributed by atoms with Crippen molar-refractivity contribution in [2.45, 2.75) is 12.4 Å². The lowest BCUT2D eigenvalue weighted by Gasteiger charge is -2.07. The Balaban J connectivity index is 2.63. The predicted molar refractivity (Wildman–Crippen MR) is 21.2 cm³/mol. The van der Waals surface area contributed by atoms with Gasteiger partial charge in [-0.15, -0.1) is 5.11 Å². The first-order chi connectivity index (χ1) is 4.50. The van der Waals surface area contributed by atoms with Crippen LogP contribution in [0.15, 0.2) is 10.2 Å². The van der Waals surface area contributed by atoms with Crippen LogP contribution >= 0.6 is 0 Å². The van der Waals surface area contributed by atoms with Crippen LogP contribution in [0.1, 0.15) is 0 Å². The van der Waals surface area contributed by atoms with E-state index in [-0.39, 0.29) is 0 Å². The monoisotopic (exact) mass is 154 g/mol. The highest BCUT2D eigenvalue weighted by atomic mass is 19.4. The fraction of sp³-hybridized carbons (Fsp3) is 0.667. The summed E-state index contributed by atoms with van der Waals surface area (Å²) in [6, 6.07) is 0. The fourth-order valence-corrected chi connectivity index (χ4v) is 0.374. The number of nitrogens with zero attached hydrogens (tertiary/aromatic N) is 2. The van der Waals surface area contributed by atoms with E-state index in [1.54, 1.807) is 0 Å². The quantitative estimate of drug-likeness (QED) is 0.530. The maximum atomic E-state index is 11.5. The second kappa shape index (κ2) is 1.93. The number of amides is 1. The molecule has 1 rings (SSSR count). The zero-order chi connectivity index (χ0) is 7.78. The molecule has 1 aliphatic heterocycles. The van der Waals surface area contributed by atoms with Crippen molar-refractivity contribution in [3.05, 3.63) is 0 Å². The summed E-state index contributed by atoms with van der Waals surface area (Å²) in [5, 5.41) is 5.04. The zero-order valence-corrected chi connectivity index (χ0v) is 4.42. The fourth-order valence-electron chi connectivity index (χ4n) is 0.374. The van der Waals surface area contributed by atoms with E-state index in [9.17, 15) is 18.0 Å². The van der Waals surface area contributed by atoms with E-state index >= 15 is 0 Å². The molecule has 1 amide bonds. The van der Waals surface area contributed by atoms with Gasteiger partial charge in [0, 0.05) is 0 Å². The lowest BCUT2D eigenvalue weighted by molar-refractivity contribution is -0.195. The number of hydrogen-bond donors (Lipinski definition) is 0. The number of cyclic esters (lactones) is 1. The molecule has 4 nitrogen and oxygen atoms in total. The molecule has 10 heavy (non-hydrogen) atoms. The van der Waals surface area contributed by atoms with Crippen molar-refractivity contribution in [3.8, 4) is 0 Å². The van der Waals surface area contributed by atoms with Gasteiger partial charge in [-0.3, -0.25) is 0 Å². The lowest BCUT2D eigenvalue weighted by Crippen LogP contribution is -2.27. The second-order valence-electron chi connectivity index (χ2n) is 1.49. The van der Waals surface area contributed by atoms with E-state index in [0.717, 1.165) is 0 Å². The van der Waals surface area contributed by atoms with Crippen LogP contribution in [0.4, 0.5) is 18.0 Å². The molecule has 1 unspecified atom stereocenters. The summed E-state index contributed by atoms with van der Waals surface area (Å²) in [4.78, 5) is 9.92. The van der Waals surface area contributed by atoms with Crippen molar-refractivity contribution in [1.29, 1.82) is 0 Å². The Bertz CT molecular complexity index is 187. The molecule has 1 atom stereocenters. The number of halogens is 3. The molecule has 0 saturated heterocycles. The SMILES string of the molecule is O=C1N=NC(C(F)(F)F)O1. The number of azo groups is 1. The smallest absolute Gasteiger partial charge is 0.409 e. The Hall–Kier alpha value is -1.14. The van der Waals surface area contributed by atoms with Crippen molar-refractivity contribution in [2.24, 2.45) is 10.2 Å². The topological polar surface area (TPSA) is 51.0 Å². The van der Waals surface area contributed by atoms with Gasteiger partial charge < -0.3 is 4.74 Å². The van der Waals surface area contributed by atoms with Gasteiger partial charge in [0.2, 0.25) is 0 Å². The van der Waals surface area contributed by atoms with Crippen molar-refractivity contribution >= 4 is 6.09 Å². The van der Waals surface area contributed by atoms with E-state index in [1.807, 2.05) is 0 Å². The Labute approximate surface area is 52.7 Å². The predicted octanol–water partition coefficient (Wildman–Crippen LogP) is 1.48. The number of carbonyl (C=O) groups excluding carboxylic acids is 1. The molecule has 1 aliphatic rings. The zero-order valence-electron chi connectivity index (χ0n) is 4.42. The minimum Gasteiger partial charge on any atom is -0.409 e. The summed E-state index contributed by atoms with van der Waals surface area (Å²) in [6.07, 6.45) is -8.35. The Morgan fingerprint density at radius 3 is 2.30 bits per heavy atom.